The molecule has 0 unspecified atom stereocenters. The topological polar surface area (TPSA) is 70.5 Å². The number of carboxylic acid groups (broad SMARTS) is 1. The molecule has 104 valence electrons. The number of carbonyl (C=O) groups excluding carboxylic acids is 1. The quantitative estimate of drug-likeness (QED) is 0.922. The van der Waals surface area contributed by atoms with Crippen LogP contribution in [0.5, 0.6) is 0 Å². The minimum absolute atomic E-state index is 0.0271. The fourth-order valence-corrected chi connectivity index (χ4v) is 3.22. The van der Waals surface area contributed by atoms with Gasteiger partial charge in [0.25, 0.3) is 5.91 Å². The number of thiazole rings is 1. The zero-order valence-corrected chi connectivity index (χ0v) is 12.0. The molecule has 0 bridgehead atoms. The van der Waals surface area contributed by atoms with Gasteiger partial charge < -0.3 is 10.0 Å². The summed E-state index contributed by atoms with van der Waals surface area (Å²) in [4.78, 5) is 30.0. The van der Waals surface area contributed by atoms with E-state index in [-0.39, 0.29) is 5.91 Å². The number of hydrogen-bond donors (Lipinski definition) is 1. The summed E-state index contributed by atoms with van der Waals surface area (Å²) >= 11 is 1.38. The lowest BCUT2D eigenvalue weighted by atomic mass is 9.76. The molecule has 0 atom stereocenters. The molecule has 0 spiro atoms. The lowest BCUT2D eigenvalue weighted by molar-refractivity contribution is -0.152. The van der Waals surface area contributed by atoms with Gasteiger partial charge in [-0.25, -0.2) is 4.98 Å². The molecule has 0 radical (unpaired) electrons. The number of hydrogen-bond acceptors (Lipinski definition) is 4. The fraction of sp³-hybridized carbons (Fsp3) is 0.615. The molecule has 0 saturated carbocycles. The first-order valence-corrected chi connectivity index (χ1v) is 7.25. The van der Waals surface area contributed by atoms with E-state index in [1.165, 1.54) is 11.3 Å². The Labute approximate surface area is 116 Å². The van der Waals surface area contributed by atoms with E-state index < -0.39 is 11.4 Å². The number of aryl methyl sites for hydroxylation is 1. The summed E-state index contributed by atoms with van der Waals surface area (Å²) in [5, 5.41) is 10.2. The number of rotatable bonds is 3. The summed E-state index contributed by atoms with van der Waals surface area (Å²) < 4.78 is 0. The molecule has 2 rings (SSSR count). The largest absolute Gasteiger partial charge is 0.481 e. The number of piperidine rings is 1. The van der Waals surface area contributed by atoms with Gasteiger partial charge in [-0.1, -0.05) is 6.92 Å². The number of aliphatic carboxylic acids is 1. The van der Waals surface area contributed by atoms with Gasteiger partial charge in [0.1, 0.15) is 4.88 Å². The zero-order valence-electron chi connectivity index (χ0n) is 11.2. The highest BCUT2D eigenvalue weighted by molar-refractivity contribution is 7.13. The van der Waals surface area contributed by atoms with Gasteiger partial charge in [0, 0.05) is 13.1 Å². The monoisotopic (exact) mass is 282 g/mol. The summed E-state index contributed by atoms with van der Waals surface area (Å²) in [5.74, 6) is -0.767. The third-order valence-electron chi connectivity index (χ3n) is 3.97. The number of amides is 1. The molecule has 19 heavy (non-hydrogen) atoms. The molecule has 1 aliphatic rings. The third-order valence-corrected chi connectivity index (χ3v) is 4.87. The van der Waals surface area contributed by atoms with Crippen molar-refractivity contribution in [3.63, 3.8) is 0 Å². The predicted molar refractivity (Wildman–Crippen MR) is 72.3 cm³/mol. The minimum atomic E-state index is -0.740. The minimum Gasteiger partial charge on any atom is -0.481 e. The molecular formula is C13H18N2O3S. The Bertz CT molecular complexity index is 490. The van der Waals surface area contributed by atoms with E-state index in [0.717, 1.165) is 5.01 Å². The molecule has 1 aromatic rings. The zero-order chi connectivity index (χ0) is 14.0. The summed E-state index contributed by atoms with van der Waals surface area (Å²) in [6.45, 7) is 4.79. The molecule has 1 saturated heterocycles. The maximum absolute atomic E-state index is 12.2. The van der Waals surface area contributed by atoms with E-state index >= 15 is 0 Å². The molecule has 1 N–H and O–H groups in total. The van der Waals surface area contributed by atoms with Crippen LogP contribution in [0.1, 0.15) is 40.9 Å². The van der Waals surface area contributed by atoms with E-state index in [1.807, 2.05) is 13.8 Å². The van der Waals surface area contributed by atoms with Gasteiger partial charge in [0.15, 0.2) is 0 Å². The van der Waals surface area contributed by atoms with Crippen LogP contribution in [0.15, 0.2) is 6.20 Å². The van der Waals surface area contributed by atoms with Crippen LogP contribution in [0.4, 0.5) is 0 Å². The molecular weight excluding hydrogens is 264 g/mol. The van der Waals surface area contributed by atoms with Crippen LogP contribution < -0.4 is 0 Å². The van der Waals surface area contributed by atoms with Gasteiger partial charge in [-0.3, -0.25) is 9.59 Å². The first kappa shape index (κ1) is 14.0. The Morgan fingerprint density at radius 2 is 2.11 bits per heavy atom. The van der Waals surface area contributed by atoms with Gasteiger partial charge in [0.05, 0.1) is 16.6 Å². The molecule has 5 nitrogen and oxygen atoms in total. The Morgan fingerprint density at radius 3 is 2.53 bits per heavy atom. The number of carbonyl (C=O) groups is 2. The van der Waals surface area contributed by atoms with Crippen molar-refractivity contribution >= 4 is 23.2 Å². The molecule has 0 aliphatic carbocycles. The van der Waals surface area contributed by atoms with E-state index in [2.05, 4.69) is 4.98 Å². The van der Waals surface area contributed by atoms with Crippen molar-refractivity contribution in [2.24, 2.45) is 5.41 Å². The summed E-state index contributed by atoms with van der Waals surface area (Å²) in [7, 11) is 0. The second-order valence-corrected chi connectivity index (χ2v) is 6.21. The highest BCUT2D eigenvalue weighted by atomic mass is 32.1. The maximum Gasteiger partial charge on any atom is 0.309 e. The van der Waals surface area contributed by atoms with Crippen molar-refractivity contribution in [2.45, 2.75) is 33.1 Å². The number of carboxylic acids is 1. The van der Waals surface area contributed by atoms with Gasteiger partial charge in [-0.2, -0.15) is 0 Å². The van der Waals surface area contributed by atoms with Crippen molar-refractivity contribution in [1.29, 1.82) is 0 Å². The van der Waals surface area contributed by atoms with E-state index in [1.54, 1.807) is 11.1 Å². The molecule has 6 heteroatoms. The first-order chi connectivity index (χ1) is 8.98. The third kappa shape index (κ3) is 2.63. The lowest BCUT2D eigenvalue weighted by Gasteiger charge is -2.38. The second-order valence-electron chi connectivity index (χ2n) is 4.97. The van der Waals surface area contributed by atoms with Crippen LogP contribution in [0, 0.1) is 12.3 Å². The molecule has 1 aliphatic heterocycles. The van der Waals surface area contributed by atoms with Crippen molar-refractivity contribution in [3.05, 3.63) is 16.1 Å². The van der Waals surface area contributed by atoms with Crippen LogP contribution in [-0.4, -0.2) is 40.0 Å². The molecule has 0 aromatic carbocycles. The Morgan fingerprint density at radius 1 is 1.47 bits per heavy atom. The van der Waals surface area contributed by atoms with Crippen molar-refractivity contribution in [1.82, 2.24) is 9.88 Å². The SMILES string of the molecule is CCC1(C(=O)O)CCN(C(=O)c2cnc(C)s2)CC1. The maximum atomic E-state index is 12.2. The van der Waals surface area contributed by atoms with Crippen molar-refractivity contribution < 1.29 is 14.7 Å². The van der Waals surface area contributed by atoms with E-state index in [9.17, 15) is 14.7 Å². The smallest absolute Gasteiger partial charge is 0.309 e. The summed E-state index contributed by atoms with van der Waals surface area (Å²) in [5.41, 5.74) is -0.652. The number of nitrogens with zero attached hydrogens (tertiary/aromatic N) is 2. The first-order valence-electron chi connectivity index (χ1n) is 6.43. The number of aromatic nitrogens is 1. The Hall–Kier alpha value is -1.43. The molecule has 1 aromatic heterocycles. The van der Waals surface area contributed by atoms with Gasteiger partial charge >= 0.3 is 5.97 Å². The Balaban J connectivity index is 2.04. The standard InChI is InChI=1S/C13H18N2O3S/c1-3-13(12(17)18)4-6-15(7-5-13)11(16)10-8-14-9(2)19-10/h8H,3-7H2,1-2H3,(H,17,18). The summed E-state index contributed by atoms with van der Waals surface area (Å²) in [6.07, 6.45) is 3.27. The van der Waals surface area contributed by atoms with E-state index in [4.69, 9.17) is 0 Å². The highest BCUT2D eigenvalue weighted by Crippen LogP contribution is 2.35. The predicted octanol–water partition coefficient (Wildman–Crippen LogP) is 2.17. The average molecular weight is 282 g/mol. The Kier molecular flexibility index (Phi) is 3.89. The van der Waals surface area contributed by atoms with Gasteiger partial charge in [0.2, 0.25) is 0 Å². The summed E-state index contributed by atoms with van der Waals surface area (Å²) in [6, 6.07) is 0. The van der Waals surface area contributed by atoms with Gasteiger partial charge in [-0.05, 0) is 26.2 Å². The molecule has 2 heterocycles. The fourth-order valence-electron chi connectivity index (χ4n) is 2.47. The van der Waals surface area contributed by atoms with Crippen molar-refractivity contribution in [3.8, 4) is 0 Å². The average Bonchev–Trinajstić information content (AvgIpc) is 2.84. The molecule has 1 fully saturated rings. The number of likely N-dealkylation sites (tertiary alicyclic amines) is 1. The normalized spacial score (nSPS) is 18.3. The highest BCUT2D eigenvalue weighted by Gasteiger charge is 2.41. The van der Waals surface area contributed by atoms with Gasteiger partial charge in [-0.15, -0.1) is 11.3 Å². The van der Waals surface area contributed by atoms with Crippen molar-refractivity contribution in [2.75, 3.05) is 13.1 Å². The van der Waals surface area contributed by atoms with Crippen LogP contribution in [0.25, 0.3) is 0 Å². The van der Waals surface area contributed by atoms with Crippen LogP contribution in [0.3, 0.4) is 0 Å². The second kappa shape index (κ2) is 5.28. The molecule has 1 amide bonds. The van der Waals surface area contributed by atoms with Crippen LogP contribution in [-0.2, 0) is 4.79 Å². The lowest BCUT2D eigenvalue weighted by Crippen LogP contribution is -2.46. The van der Waals surface area contributed by atoms with E-state index in [0.29, 0.717) is 37.2 Å². The van der Waals surface area contributed by atoms with Crippen LogP contribution >= 0.6 is 11.3 Å². The van der Waals surface area contributed by atoms with Crippen LogP contribution in [0.2, 0.25) is 0 Å².